The van der Waals surface area contributed by atoms with Crippen molar-refractivity contribution < 1.29 is 0 Å². The van der Waals surface area contributed by atoms with Gasteiger partial charge >= 0.3 is 0 Å². The van der Waals surface area contributed by atoms with Crippen molar-refractivity contribution in [1.82, 2.24) is 5.32 Å². The maximum absolute atomic E-state index is 3.53. The van der Waals surface area contributed by atoms with Crippen molar-refractivity contribution in [1.29, 1.82) is 0 Å². The van der Waals surface area contributed by atoms with Crippen LogP contribution in [0.2, 0.25) is 0 Å². The molecule has 2 nitrogen and oxygen atoms in total. The molecular formula is C17H30N2. The maximum Gasteiger partial charge on any atom is 0.0400 e. The van der Waals surface area contributed by atoms with Crippen molar-refractivity contribution in [2.75, 3.05) is 25.0 Å². The zero-order valence-electron chi connectivity index (χ0n) is 12.9. The average molecular weight is 262 g/mol. The van der Waals surface area contributed by atoms with Crippen LogP contribution in [-0.2, 0) is 0 Å². The zero-order valence-corrected chi connectivity index (χ0v) is 12.9. The van der Waals surface area contributed by atoms with E-state index in [2.05, 4.69) is 49.6 Å². The van der Waals surface area contributed by atoms with E-state index in [1.165, 1.54) is 48.9 Å². The molecule has 0 aliphatic rings. The van der Waals surface area contributed by atoms with Crippen LogP contribution in [0.1, 0.15) is 50.2 Å². The van der Waals surface area contributed by atoms with Gasteiger partial charge in [-0.25, -0.2) is 0 Å². The third-order valence-corrected chi connectivity index (χ3v) is 3.54. The SMILES string of the molecule is CCCCCCCNCCNc1c(C)cccc1C. The second-order valence-electron chi connectivity index (χ2n) is 5.36. The van der Waals surface area contributed by atoms with Gasteiger partial charge in [0, 0.05) is 18.8 Å². The number of nitrogens with one attached hydrogen (secondary N) is 2. The van der Waals surface area contributed by atoms with E-state index in [0.29, 0.717) is 0 Å². The van der Waals surface area contributed by atoms with Crippen LogP contribution in [0.3, 0.4) is 0 Å². The first-order valence-electron chi connectivity index (χ1n) is 7.76. The van der Waals surface area contributed by atoms with Crippen molar-refractivity contribution in [3.63, 3.8) is 0 Å². The Bertz CT molecular complexity index is 327. The van der Waals surface area contributed by atoms with E-state index in [9.17, 15) is 0 Å². The van der Waals surface area contributed by atoms with Crippen LogP contribution in [0.5, 0.6) is 0 Å². The van der Waals surface area contributed by atoms with Crippen molar-refractivity contribution >= 4 is 5.69 Å². The fourth-order valence-electron chi connectivity index (χ4n) is 2.35. The van der Waals surface area contributed by atoms with Gasteiger partial charge in [0.25, 0.3) is 0 Å². The quantitative estimate of drug-likeness (QED) is 0.615. The van der Waals surface area contributed by atoms with Crippen molar-refractivity contribution in [2.45, 2.75) is 52.9 Å². The second kappa shape index (κ2) is 9.85. The Balaban J connectivity index is 2.05. The molecule has 0 aliphatic carbocycles. The molecule has 0 fully saturated rings. The molecule has 0 bridgehead atoms. The van der Waals surface area contributed by atoms with Gasteiger partial charge in [0.2, 0.25) is 0 Å². The molecular weight excluding hydrogens is 232 g/mol. The summed E-state index contributed by atoms with van der Waals surface area (Å²) in [4.78, 5) is 0. The molecule has 0 radical (unpaired) electrons. The topological polar surface area (TPSA) is 24.1 Å². The molecule has 0 aliphatic heterocycles. The Morgan fingerprint density at radius 1 is 0.842 bits per heavy atom. The summed E-state index contributed by atoms with van der Waals surface area (Å²) < 4.78 is 0. The molecule has 0 saturated heterocycles. The molecule has 0 saturated carbocycles. The van der Waals surface area contributed by atoms with Crippen molar-refractivity contribution in [2.24, 2.45) is 0 Å². The number of hydrogen-bond donors (Lipinski definition) is 2. The molecule has 0 amide bonds. The van der Waals surface area contributed by atoms with Crippen LogP contribution < -0.4 is 10.6 Å². The molecule has 0 atom stereocenters. The number of hydrogen-bond acceptors (Lipinski definition) is 2. The number of para-hydroxylation sites is 1. The van der Waals surface area contributed by atoms with Gasteiger partial charge in [-0.3, -0.25) is 0 Å². The minimum absolute atomic E-state index is 1.00. The Morgan fingerprint density at radius 3 is 2.21 bits per heavy atom. The van der Waals surface area contributed by atoms with Gasteiger partial charge in [-0.1, -0.05) is 50.8 Å². The number of rotatable bonds is 10. The van der Waals surface area contributed by atoms with E-state index in [1.807, 2.05) is 0 Å². The highest BCUT2D eigenvalue weighted by Gasteiger charge is 1.99. The molecule has 19 heavy (non-hydrogen) atoms. The van der Waals surface area contributed by atoms with Crippen LogP contribution in [0.15, 0.2) is 18.2 Å². The predicted octanol–water partition coefficient (Wildman–Crippen LogP) is 4.28. The third kappa shape index (κ3) is 6.63. The first-order valence-corrected chi connectivity index (χ1v) is 7.76. The average Bonchev–Trinajstić information content (AvgIpc) is 2.40. The fourth-order valence-corrected chi connectivity index (χ4v) is 2.35. The van der Waals surface area contributed by atoms with Gasteiger partial charge in [0.05, 0.1) is 0 Å². The normalized spacial score (nSPS) is 10.7. The highest BCUT2D eigenvalue weighted by atomic mass is 14.9. The van der Waals surface area contributed by atoms with Crippen LogP contribution in [0.4, 0.5) is 5.69 Å². The number of unbranched alkanes of at least 4 members (excludes halogenated alkanes) is 4. The van der Waals surface area contributed by atoms with E-state index >= 15 is 0 Å². The minimum Gasteiger partial charge on any atom is -0.383 e. The summed E-state index contributed by atoms with van der Waals surface area (Å²) in [6, 6.07) is 6.44. The van der Waals surface area contributed by atoms with Gasteiger partial charge in [0.15, 0.2) is 0 Å². The monoisotopic (exact) mass is 262 g/mol. The molecule has 1 aromatic carbocycles. The number of aryl methyl sites for hydroxylation is 2. The van der Waals surface area contributed by atoms with Crippen LogP contribution in [0.25, 0.3) is 0 Å². The molecule has 108 valence electrons. The Hall–Kier alpha value is -1.02. The predicted molar refractivity (Wildman–Crippen MR) is 86.0 cm³/mol. The lowest BCUT2D eigenvalue weighted by molar-refractivity contribution is 0.589. The van der Waals surface area contributed by atoms with Gasteiger partial charge in [0.1, 0.15) is 0 Å². The Labute approximate surface area is 119 Å². The van der Waals surface area contributed by atoms with E-state index < -0.39 is 0 Å². The van der Waals surface area contributed by atoms with Crippen LogP contribution in [0, 0.1) is 13.8 Å². The van der Waals surface area contributed by atoms with Gasteiger partial charge in [-0.05, 0) is 37.9 Å². The van der Waals surface area contributed by atoms with Gasteiger partial charge in [-0.15, -0.1) is 0 Å². The fraction of sp³-hybridized carbons (Fsp3) is 0.647. The first-order chi connectivity index (χ1) is 9.25. The van der Waals surface area contributed by atoms with E-state index in [-0.39, 0.29) is 0 Å². The van der Waals surface area contributed by atoms with Gasteiger partial charge in [-0.2, -0.15) is 0 Å². The summed E-state index contributed by atoms with van der Waals surface area (Å²) in [6.07, 6.45) is 6.77. The Kier molecular flexibility index (Phi) is 8.31. The molecule has 0 unspecified atom stereocenters. The minimum atomic E-state index is 1.00. The zero-order chi connectivity index (χ0) is 13.9. The summed E-state index contributed by atoms with van der Waals surface area (Å²) in [5, 5.41) is 7.04. The summed E-state index contributed by atoms with van der Waals surface area (Å²) in [6.45, 7) is 9.78. The van der Waals surface area contributed by atoms with Crippen molar-refractivity contribution in [3.05, 3.63) is 29.3 Å². The van der Waals surface area contributed by atoms with Gasteiger partial charge < -0.3 is 10.6 Å². The highest BCUT2D eigenvalue weighted by Crippen LogP contribution is 2.18. The third-order valence-electron chi connectivity index (χ3n) is 3.54. The van der Waals surface area contributed by atoms with E-state index in [4.69, 9.17) is 0 Å². The molecule has 0 heterocycles. The summed E-state index contributed by atoms with van der Waals surface area (Å²) >= 11 is 0. The summed E-state index contributed by atoms with van der Waals surface area (Å²) in [5.74, 6) is 0. The standard InChI is InChI=1S/C17H30N2/c1-4-5-6-7-8-12-18-13-14-19-17-15(2)10-9-11-16(17)3/h9-11,18-19H,4-8,12-14H2,1-3H3. The number of benzene rings is 1. The Morgan fingerprint density at radius 2 is 1.53 bits per heavy atom. The number of anilines is 1. The molecule has 0 aromatic heterocycles. The largest absolute Gasteiger partial charge is 0.383 e. The molecule has 1 rings (SSSR count). The van der Waals surface area contributed by atoms with E-state index in [1.54, 1.807) is 0 Å². The maximum atomic E-state index is 3.53. The van der Waals surface area contributed by atoms with Crippen LogP contribution in [-0.4, -0.2) is 19.6 Å². The molecule has 2 N–H and O–H groups in total. The lowest BCUT2D eigenvalue weighted by Gasteiger charge is -2.13. The van der Waals surface area contributed by atoms with Crippen LogP contribution >= 0.6 is 0 Å². The second-order valence-corrected chi connectivity index (χ2v) is 5.36. The highest BCUT2D eigenvalue weighted by molar-refractivity contribution is 5.56. The molecule has 1 aromatic rings. The lowest BCUT2D eigenvalue weighted by Crippen LogP contribution is -2.23. The summed E-state index contributed by atoms with van der Waals surface area (Å²) in [7, 11) is 0. The molecule has 2 heteroatoms. The van der Waals surface area contributed by atoms with E-state index in [0.717, 1.165) is 19.6 Å². The summed E-state index contributed by atoms with van der Waals surface area (Å²) in [5.41, 5.74) is 3.96. The smallest absolute Gasteiger partial charge is 0.0400 e. The molecule has 0 spiro atoms. The van der Waals surface area contributed by atoms with Crippen molar-refractivity contribution in [3.8, 4) is 0 Å². The first kappa shape index (κ1) is 16.0. The lowest BCUT2D eigenvalue weighted by atomic mass is 10.1.